The van der Waals surface area contributed by atoms with E-state index in [0.29, 0.717) is 37.6 Å². The van der Waals surface area contributed by atoms with Crippen molar-refractivity contribution < 1.29 is 13.9 Å². The van der Waals surface area contributed by atoms with Gasteiger partial charge in [-0.25, -0.2) is 15.0 Å². The van der Waals surface area contributed by atoms with Crippen molar-refractivity contribution in [1.82, 2.24) is 25.2 Å². The summed E-state index contributed by atoms with van der Waals surface area (Å²) in [6.07, 6.45) is 1.42. The number of aromatic nitrogens is 3. The van der Waals surface area contributed by atoms with E-state index in [9.17, 15) is 4.79 Å². The number of piperazine rings is 1. The van der Waals surface area contributed by atoms with Crippen LogP contribution in [0.2, 0.25) is 0 Å². The monoisotopic (exact) mass is 476 g/mol. The molecule has 1 N–H and O–H groups in total. The highest BCUT2D eigenvalue weighted by Crippen LogP contribution is 2.32. The van der Waals surface area contributed by atoms with Crippen LogP contribution in [-0.4, -0.2) is 64.6 Å². The zero-order chi connectivity index (χ0) is 24.6. The quantitative estimate of drug-likeness (QED) is 0.600. The van der Waals surface area contributed by atoms with Crippen molar-refractivity contribution in [3.63, 3.8) is 0 Å². The Bertz CT molecular complexity index is 1210. The summed E-state index contributed by atoms with van der Waals surface area (Å²) in [7, 11) is 1.64. The number of nitrogens with one attached hydrogen (secondary N) is 1. The van der Waals surface area contributed by atoms with E-state index < -0.39 is 5.54 Å². The summed E-state index contributed by atoms with van der Waals surface area (Å²) < 4.78 is 11.3. The molecule has 35 heavy (non-hydrogen) atoms. The minimum absolute atomic E-state index is 0.127. The molecule has 1 aromatic carbocycles. The van der Waals surface area contributed by atoms with Gasteiger partial charge < -0.3 is 24.3 Å². The zero-order valence-corrected chi connectivity index (χ0v) is 20.8. The predicted molar refractivity (Wildman–Crippen MR) is 132 cm³/mol. The van der Waals surface area contributed by atoms with Gasteiger partial charge in [0.1, 0.15) is 17.0 Å². The number of piperidine rings is 1. The highest BCUT2D eigenvalue weighted by molar-refractivity contribution is 5.87. The van der Waals surface area contributed by atoms with Crippen molar-refractivity contribution in [1.29, 1.82) is 0 Å². The minimum Gasteiger partial charge on any atom is -0.497 e. The van der Waals surface area contributed by atoms with Gasteiger partial charge in [-0.05, 0) is 44.9 Å². The highest BCUT2D eigenvalue weighted by Gasteiger charge is 2.46. The van der Waals surface area contributed by atoms with E-state index in [1.807, 2.05) is 56.0 Å². The SMILES string of the molecule is COc1cccc(-c2oc(C)nc2CN2CCNC3(CCN(c4nc(C)cc(C)n4)CC3)C2=O)c1. The Hall–Kier alpha value is -3.46. The number of carbonyl (C=O) groups excluding carboxylic acids is 1. The molecule has 0 atom stereocenters. The average molecular weight is 477 g/mol. The van der Waals surface area contributed by atoms with E-state index in [2.05, 4.69) is 25.2 Å². The van der Waals surface area contributed by atoms with Crippen molar-refractivity contribution in [2.45, 2.75) is 45.7 Å². The second-order valence-corrected chi connectivity index (χ2v) is 9.41. The lowest BCUT2D eigenvalue weighted by molar-refractivity contribution is -0.143. The molecule has 2 saturated heterocycles. The molecule has 2 fully saturated rings. The van der Waals surface area contributed by atoms with Crippen molar-refractivity contribution in [3.05, 3.63) is 53.3 Å². The summed E-state index contributed by atoms with van der Waals surface area (Å²) >= 11 is 0. The maximum absolute atomic E-state index is 13.7. The number of nitrogens with zero attached hydrogens (tertiary/aromatic N) is 5. The van der Waals surface area contributed by atoms with Gasteiger partial charge in [-0.15, -0.1) is 0 Å². The molecule has 0 aliphatic carbocycles. The van der Waals surface area contributed by atoms with Gasteiger partial charge in [0.2, 0.25) is 11.9 Å². The number of oxazole rings is 1. The van der Waals surface area contributed by atoms with Crippen LogP contribution in [0.15, 0.2) is 34.7 Å². The number of hydrogen-bond acceptors (Lipinski definition) is 8. The number of benzene rings is 1. The molecule has 1 spiro atoms. The molecule has 9 nitrogen and oxygen atoms in total. The topological polar surface area (TPSA) is 96.6 Å². The molecule has 2 aromatic heterocycles. The van der Waals surface area contributed by atoms with Crippen LogP contribution in [0.4, 0.5) is 5.95 Å². The Morgan fingerprint density at radius 2 is 1.80 bits per heavy atom. The van der Waals surface area contributed by atoms with Crippen LogP contribution in [0.5, 0.6) is 5.75 Å². The van der Waals surface area contributed by atoms with E-state index in [0.717, 1.165) is 54.0 Å². The normalized spacial score (nSPS) is 17.8. The maximum atomic E-state index is 13.7. The molecule has 5 rings (SSSR count). The number of hydrogen-bond donors (Lipinski definition) is 1. The highest BCUT2D eigenvalue weighted by atomic mass is 16.5. The summed E-state index contributed by atoms with van der Waals surface area (Å²) in [5.74, 6) is 2.89. The second kappa shape index (κ2) is 9.30. The van der Waals surface area contributed by atoms with E-state index in [1.165, 1.54) is 0 Å². The fraction of sp³-hybridized carbons (Fsp3) is 0.462. The van der Waals surface area contributed by atoms with Gasteiger partial charge in [0.25, 0.3) is 0 Å². The number of rotatable bonds is 5. The van der Waals surface area contributed by atoms with Gasteiger partial charge in [0, 0.05) is 50.1 Å². The molecule has 184 valence electrons. The Morgan fingerprint density at radius 1 is 1.06 bits per heavy atom. The molecular weight excluding hydrogens is 444 g/mol. The van der Waals surface area contributed by atoms with Crippen LogP contribution in [0.1, 0.15) is 35.8 Å². The minimum atomic E-state index is -0.567. The lowest BCUT2D eigenvalue weighted by Crippen LogP contribution is -2.67. The first-order chi connectivity index (χ1) is 16.9. The average Bonchev–Trinajstić information content (AvgIpc) is 3.22. The van der Waals surface area contributed by atoms with Gasteiger partial charge >= 0.3 is 0 Å². The number of carbonyl (C=O) groups is 1. The Labute approximate surface area is 205 Å². The van der Waals surface area contributed by atoms with E-state index in [4.69, 9.17) is 9.15 Å². The number of anilines is 1. The third-order valence-corrected chi connectivity index (χ3v) is 6.89. The van der Waals surface area contributed by atoms with Gasteiger partial charge in [0.05, 0.1) is 13.7 Å². The smallest absolute Gasteiger partial charge is 0.243 e. The Morgan fingerprint density at radius 3 is 2.51 bits per heavy atom. The fourth-order valence-electron chi connectivity index (χ4n) is 5.14. The van der Waals surface area contributed by atoms with Crippen LogP contribution in [0.25, 0.3) is 11.3 Å². The van der Waals surface area contributed by atoms with Crippen LogP contribution in [0, 0.1) is 20.8 Å². The molecule has 1 amide bonds. The standard InChI is InChI=1S/C26H32N6O3/c1-17-14-18(2)29-25(28-17)31-11-8-26(9-12-31)24(33)32(13-10-27-26)16-22-23(35-19(3)30-22)20-6-5-7-21(15-20)34-4/h5-7,14-15,27H,8-13,16H2,1-4H3. The van der Waals surface area contributed by atoms with E-state index in [1.54, 1.807) is 7.11 Å². The molecule has 4 heterocycles. The van der Waals surface area contributed by atoms with Gasteiger partial charge in [-0.3, -0.25) is 4.79 Å². The molecule has 3 aromatic rings. The molecule has 9 heteroatoms. The molecule has 0 radical (unpaired) electrons. The molecule has 0 bridgehead atoms. The van der Waals surface area contributed by atoms with Crippen LogP contribution < -0.4 is 15.0 Å². The van der Waals surface area contributed by atoms with Crippen molar-refractivity contribution in [2.24, 2.45) is 0 Å². The van der Waals surface area contributed by atoms with Gasteiger partial charge in [-0.1, -0.05) is 12.1 Å². The summed E-state index contributed by atoms with van der Waals surface area (Å²) in [6.45, 7) is 9.06. The van der Waals surface area contributed by atoms with Gasteiger partial charge in [-0.2, -0.15) is 0 Å². The fourth-order valence-corrected chi connectivity index (χ4v) is 5.14. The number of methoxy groups -OCH3 is 1. The van der Waals surface area contributed by atoms with Crippen molar-refractivity contribution in [2.75, 3.05) is 38.2 Å². The summed E-state index contributed by atoms with van der Waals surface area (Å²) in [5, 5.41) is 3.54. The van der Waals surface area contributed by atoms with E-state index >= 15 is 0 Å². The largest absolute Gasteiger partial charge is 0.497 e. The lowest BCUT2D eigenvalue weighted by atomic mass is 9.84. The van der Waals surface area contributed by atoms with E-state index in [-0.39, 0.29) is 5.91 Å². The van der Waals surface area contributed by atoms with Crippen LogP contribution in [0.3, 0.4) is 0 Å². The Kier molecular flexibility index (Phi) is 6.19. The zero-order valence-electron chi connectivity index (χ0n) is 20.8. The summed E-state index contributed by atoms with van der Waals surface area (Å²) in [5.41, 5.74) is 3.00. The number of amides is 1. The summed E-state index contributed by atoms with van der Waals surface area (Å²) in [4.78, 5) is 31.7. The van der Waals surface area contributed by atoms with Crippen molar-refractivity contribution in [3.8, 4) is 17.1 Å². The third-order valence-electron chi connectivity index (χ3n) is 6.89. The Balaban J connectivity index is 1.32. The first-order valence-corrected chi connectivity index (χ1v) is 12.1. The third kappa shape index (κ3) is 4.60. The molecule has 2 aliphatic rings. The van der Waals surface area contributed by atoms with Crippen LogP contribution >= 0.6 is 0 Å². The molecule has 0 saturated carbocycles. The van der Waals surface area contributed by atoms with Crippen LogP contribution in [-0.2, 0) is 11.3 Å². The predicted octanol–water partition coefficient (Wildman–Crippen LogP) is 3.04. The summed E-state index contributed by atoms with van der Waals surface area (Å²) in [6, 6.07) is 9.69. The number of ether oxygens (including phenoxy) is 1. The first kappa shape index (κ1) is 23.3. The number of aryl methyl sites for hydroxylation is 3. The first-order valence-electron chi connectivity index (χ1n) is 12.1. The molecule has 0 unspecified atom stereocenters. The van der Waals surface area contributed by atoms with Crippen molar-refractivity contribution >= 4 is 11.9 Å². The maximum Gasteiger partial charge on any atom is 0.243 e. The molecule has 2 aliphatic heterocycles. The second-order valence-electron chi connectivity index (χ2n) is 9.41. The van der Waals surface area contributed by atoms with Gasteiger partial charge in [0.15, 0.2) is 11.7 Å². The molecular formula is C26H32N6O3. The lowest BCUT2D eigenvalue weighted by Gasteiger charge is -2.46.